The summed E-state index contributed by atoms with van der Waals surface area (Å²) in [5.41, 5.74) is 1.46. The van der Waals surface area contributed by atoms with E-state index in [1.807, 2.05) is 0 Å². The molecule has 6 heteroatoms. The van der Waals surface area contributed by atoms with Crippen molar-refractivity contribution in [1.29, 1.82) is 0 Å². The molecule has 1 atom stereocenters. The number of hydrogen-bond donors (Lipinski definition) is 1. The number of rotatable bonds is 2. The molecule has 4 rings (SSSR count). The molecule has 5 nitrogen and oxygen atoms in total. The minimum absolute atomic E-state index is 0.0872. The molecule has 1 fully saturated rings. The number of aryl methyl sites for hydroxylation is 2. The lowest BCUT2D eigenvalue weighted by Crippen LogP contribution is -2.33. The van der Waals surface area contributed by atoms with Gasteiger partial charge in [-0.2, -0.15) is 4.98 Å². The number of nitrogens with one attached hydrogen (secondary N) is 1. The van der Waals surface area contributed by atoms with Gasteiger partial charge in [0.2, 0.25) is 5.82 Å². The van der Waals surface area contributed by atoms with E-state index in [1.165, 1.54) is 36.1 Å². The number of fused-ring (bicyclic) bond motifs is 1. The van der Waals surface area contributed by atoms with E-state index < -0.39 is 0 Å². The van der Waals surface area contributed by atoms with Gasteiger partial charge in [-0.05, 0) is 37.3 Å². The highest BCUT2D eigenvalue weighted by Crippen LogP contribution is 2.35. The first-order valence-corrected chi connectivity index (χ1v) is 8.00. The molecule has 3 heterocycles. The van der Waals surface area contributed by atoms with E-state index in [9.17, 15) is 0 Å². The molecular weight excluding hydrogens is 274 g/mol. The van der Waals surface area contributed by atoms with Crippen molar-refractivity contribution in [3.05, 3.63) is 22.3 Å². The molecule has 1 N–H and O–H groups in total. The zero-order chi connectivity index (χ0) is 13.4. The molecule has 20 heavy (non-hydrogen) atoms. The van der Waals surface area contributed by atoms with Crippen LogP contribution in [0, 0.1) is 0 Å². The fourth-order valence-corrected chi connectivity index (χ4v) is 3.97. The zero-order valence-corrected chi connectivity index (χ0v) is 12.0. The highest BCUT2D eigenvalue weighted by atomic mass is 32.1. The van der Waals surface area contributed by atoms with Crippen LogP contribution >= 0.6 is 11.3 Å². The topological polar surface area (TPSA) is 60.2 Å². The molecule has 2 aromatic heterocycles. The summed E-state index contributed by atoms with van der Waals surface area (Å²) in [6.45, 7) is 2.33. The van der Waals surface area contributed by atoms with Gasteiger partial charge in [-0.3, -0.25) is 0 Å². The second-order valence-electron chi connectivity index (χ2n) is 5.29. The summed E-state index contributed by atoms with van der Waals surface area (Å²) in [6.07, 6.45) is 4.87. The largest absolute Gasteiger partial charge is 0.367 e. The summed E-state index contributed by atoms with van der Waals surface area (Å²) in [6, 6.07) is 2.22. The van der Waals surface area contributed by atoms with Crippen molar-refractivity contribution in [2.45, 2.75) is 31.8 Å². The van der Waals surface area contributed by atoms with Gasteiger partial charge in [-0.15, -0.1) is 11.3 Å². The zero-order valence-electron chi connectivity index (χ0n) is 11.2. The van der Waals surface area contributed by atoms with Gasteiger partial charge in [0.15, 0.2) is 0 Å². The normalized spacial score (nSPS) is 22.7. The number of aromatic nitrogens is 2. The van der Waals surface area contributed by atoms with E-state index in [0.29, 0.717) is 18.3 Å². The molecule has 0 spiro atoms. The maximum Gasteiger partial charge on any atom is 0.268 e. The Kier molecular flexibility index (Phi) is 3.29. The molecule has 1 aliphatic carbocycles. The average molecular weight is 291 g/mol. The van der Waals surface area contributed by atoms with Crippen molar-refractivity contribution in [3.63, 3.8) is 0 Å². The molecule has 0 saturated carbocycles. The van der Waals surface area contributed by atoms with E-state index in [-0.39, 0.29) is 6.10 Å². The second kappa shape index (κ2) is 5.27. The van der Waals surface area contributed by atoms with Gasteiger partial charge in [0.1, 0.15) is 6.10 Å². The third-order valence-corrected chi connectivity index (χ3v) is 5.09. The Hall–Kier alpha value is -1.24. The average Bonchev–Trinajstić information content (AvgIpc) is 3.14. The van der Waals surface area contributed by atoms with Crippen LogP contribution in [0.25, 0.3) is 10.8 Å². The lowest BCUT2D eigenvalue weighted by molar-refractivity contribution is 0.0208. The van der Waals surface area contributed by atoms with E-state index >= 15 is 0 Å². The van der Waals surface area contributed by atoms with E-state index in [0.717, 1.165) is 18.0 Å². The lowest BCUT2D eigenvalue weighted by Gasteiger charge is -2.20. The van der Waals surface area contributed by atoms with Crippen molar-refractivity contribution in [1.82, 2.24) is 15.5 Å². The number of ether oxygens (including phenoxy) is 1. The van der Waals surface area contributed by atoms with Crippen LogP contribution in [-0.4, -0.2) is 29.8 Å². The third kappa shape index (κ3) is 2.28. The molecule has 1 unspecified atom stereocenters. The van der Waals surface area contributed by atoms with Crippen LogP contribution in [0.4, 0.5) is 0 Å². The summed E-state index contributed by atoms with van der Waals surface area (Å²) in [5.74, 6) is 1.28. The van der Waals surface area contributed by atoms with Gasteiger partial charge >= 0.3 is 0 Å². The van der Waals surface area contributed by atoms with Crippen LogP contribution in [-0.2, 0) is 17.6 Å². The first-order chi connectivity index (χ1) is 9.90. The third-order valence-electron chi connectivity index (χ3n) is 3.86. The van der Waals surface area contributed by atoms with Gasteiger partial charge in [-0.1, -0.05) is 5.16 Å². The van der Waals surface area contributed by atoms with Crippen LogP contribution < -0.4 is 5.32 Å². The Morgan fingerprint density at radius 3 is 3.10 bits per heavy atom. The summed E-state index contributed by atoms with van der Waals surface area (Å²) in [4.78, 5) is 7.10. The van der Waals surface area contributed by atoms with Crippen LogP contribution in [0.1, 0.15) is 35.2 Å². The van der Waals surface area contributed by atoms with Crippen molar-refractivity contribution in [3.8, 4) is 10.8 Å². The Morgan fingerprint density at radius 2 is 2.25 bits per heavy atom. The van der Waals surface area contributed by atoms with Crippen LogP contribution in [0.2, 0.25) is 0 Å². The SMILES string of the molecule is c1c(-c2nc(C3CNCCO3)no2)sc2c1CCCC2. The first kappa shape index (κ1) is 12.5. The number of thiophene rings is 1. The molecule has 1 saturated heterocycles. The minimum Gasteiger partial charge on any atom is -0.367 e. The van der Waals surface area contributed by atoms with Crippen molar-refractivity contribution >= 4 is 11.3 Å². The number of morpholine rings is 1. The predicted octanol–water partition coefficient (Wildman–Crippen LogP) is 2.34. The molecule has 0 amide bonds. The molecule has 2 aliphatic rings. The van der Waals surface area contributed by atoms with Gasteiger partial charge in [0.05, 0.1) is 11.5 Å². The smallest absolute Gasteiger partial charge is 0.268 e. The molecular formula is C14H17N3O2S. The quantitative estimate of drug-likeness (QED) is 0.920. The Bertz CT molecular complexity index is 578. The fraction of sp³-hybridized carbons (Fsp3) is 0.571. The van der Waals surface area contributed by atoms with Crippen molar-refractivity contribution in [2.75, 3.05) is 19.7 Å². The van der Waals surface area contributed by atoms with Crippen LogP contribution in [0.15, 0.2) is 10.6 Å². The van der Waals surface area contributed by atoms with Gasteiger partial charge in [0.25, 0.3) is 5.89 Å². The first-order valence-electron chi connectivity index (χ1n) is 7.18. The Balaban J connectivity index is 1.59. The van der Waals surface area contributed by atoms with Gasteiger partial charge < -0.3 is 14.6 Å². The minimum atomic E-state index is -0.0872. The molecule has 106 valence electrons. The molecule has 0 aromatic carbocycles. The van der Waals surface area contributed by atoms with E-state index in [4.69, 9.17) is 9.26 Å². The molecule has 2 aromatic rings. The van der Waals surface area contributed by atoms with Crippen molar-refractivity contribution in [2.24, 2.45) is 0 Å². The maximum absolute atomic E-state index is 5.65. The molecule has 1 aliphatic heterocycles. The second-order valence-corrected chi connectivity index (χ2v) is 6.42. The highest BCUT2D eigenvalue weighted by molar-refractivity contribution is 7.15. The maximum atomic E-state index is 5.65. The van der Waals surface area contributed by atoms with Crippen LogP contribution in [0.3, 0.4) is 0 Å². The highest BCUT2D eigenvalue weighted by Gasteiger charge is 2.23. The van der Waals surface area contributed by atoms with E-state index in [1.54, 1.807) is 11.3 Å². The summed E-state index contributed by atoms with van der Waals surface area (Å²) in [7, 11) is 0. The number of hydrogen-bond acceptors (Lipinski definition) is 6. The summed E-state index contributed by atoms with van der Waals surface area (Å²) >= 11 is 1.80. The van der Waals surface area contributed by atoms with Crippen molar-refractivity contribution < 1.29 is 9.26 Å². The number of nitrogens with zero attached hydrogens (tertiary/aromatic N) is 2. The van der Waals surface area contributed by atoms with E-state index in [2.05, 4.69) is 21.5 Å². The monoisotopic (exact) mass is 291 g/mol. The van der Waals surface area contributed by atoms with Crippen LogP contribution in [0.5, 0.6) is 0 Å². The summed E-state index contributed by atoms with van der Waals surface area (Å²) < 4.78 is 11.1. The summed E-state index contributed by atoms with van der Waals surface area (Å²) in [5, 5.41) is 7.36. The van der Waals surface area contributed by atoms with Gasteiger partial charge in [0, 0.05) is 18.0 Å². The molecule has 0 radical (unpaired) electrons. The lowest BCUT2D eigenvalue weighted by atomic mass is 9.99. The fourth-order valence-electron chi connectivity index (χ4n) is 2.79. The Labute approximate surface area is 121 Å². The molecule has 0 bridgehead atoms. The Morgan fingerprint density at radius 1 is 1.30 bits per heavy atom. The van der Waals surface area contributed by atoms with Gasteiger partial charge in [-0.25, -0.2) is 0 Å². The standard InChI is InChI=1S/C14H17N3O2S/c1-2-4-11-9(3-1)7-12(20-11)14-16-13(17-19-14)10-8-15-5-6-18-10/h7,10,15H,1-6,8H2. The predicted molar refractivity (Wildman–Crippen MR) is 75.8 cm³/mol.